The molecule has 1 atom stereocenters. The number of fused-ring (bicyclic) bond motifs is 1. The highest BCUT2D eigenvalue weighted by molar-refractivity contribution is 8.00. The van der Waals surface area contributed by atoms with Crippen LogP contribution in [0.4, 0.5) is 0 Å². The predicted molar refractivity (Wildman–Crippen MR) is 137 cm³/mol. The molecular formula is C27H25ClN2O2S. The predicted octanol–water partition coefficient (Wildman–Crippen LogP) is 6.66. The van der Waals surface area contributed by atoms with E-state index in [1.807, 2.05) is 62.4 Å². The normalized spacial score (nSPS) is 12.1. The molecule has 33 heavy (non-hydrogen) atoms. The Bertz CT molecular complexity index is 1380. The summed E-state index contributed by atoms with van der Waals surface area (Å²) < 4.78 is 1.60. The second-order valence-electron chi connectivity index (χ2n) is 8.05. The van der Waals surface area contributed by atoms with Gasteiger partial charge in [-0.05, 0) is 55.7 Å². The van der Waals surface area contributed by atoms with Crippen molar-refractivity contribution < 1.29 is 4.79 Å². The zero-order chi connectivity index (χ0) is 23.5. The summed E-state index contributed by atoms with van der Waals surface area (Å²) in [6.07, 6.45) is 2.05. The summed E-state index contributed by atoms with van der Waals surface area (Å²) in [5, 5.41) is 1.03. The topological polar surface area (TPSA) is 52.0 Å². The monoisotopic (exact) mass is 476 g/mol. The highest BCUT2D eigenvalue weighted by atomic mass is 35.5. The van der Waals surface area contributed by atoms with E-state index in [9.17, 15) is 9.59 Å². The zero-order valence-electron chi connectivity index (χ0n) is 18.8. The molecule has 168 valence electrons. The van der Waals surface area contributed by atoms with E-state index in [4.69, 9.17) is 16.6 Å². The van der Waals surface area contributed by atoms with Crippen LogP contribution in [0, 0.1) is 6.92 Å². The second kappa shape index (κ2) is 9.94. The van der Waals surface area contributed by atoms with Gasteiger partial charge in [0.15, 0.2) is 10.9 Å². The number of Topliss-reactive ketones (excluding diaryl/α,β-unsaturated/α-hetero) is 1. The lowest BCUT2D eigenvalue weighted by atomic mass is 10.0. The summed E-state index contributed by atoms with van der Waals surface area (Å²) in [7, 11) is 0. The summed E-state index contributed by atoms with van der Waals surface area (Å²) in [5.74, 6) is -0.000165. The third-order valence-electron chi connectivity index (χ3n) is 5.59. The van der Waals surface area contributed by atoms with E-state index in [0.29, 0.717) is 26.6 Å². The molecule has 0 radical (unpaired) electrons. The standard InChI is InChI=1S/C27H25ClN2O2S/c1-4-7-19-10-12-20(13-11-19)25(31)18(3)33-27-29-23-16-21(28)14-15-22(23)26(32)30(27)24-9-6-5-8-17(24)2/h5-6,8-16,18H,4,7H2,1-3H3. The molecule has 1 unspecified atom stereocenters. The van der Waals surface area contributed by atoms with Crippen LogP contribution >= 0.6 is 23.4 Å². The molecule has 0 N–H and O–H groups in total. The number of thioether (sulfide) groups is 1. The summed E-state index contributed by atoms with van der Waals surface area (Å²) in [5.41, 5.74) is 3.90. The Morgan fingerprint density at radius 2 is 1.82 bits per heavy atom. The number of para-hydroxylation sites is 1. The van der Waals surface area contributed by atoms with E-state index in [1.165, 1.54) is 17.3 Å². The number of carbonyl (C=O) groups excluding carboxylic acids is 1. The molecule has 0 saturated heterocycles. The van der Waals surface area contributed by atoms with Gasteiger partial charge in [0.1, 0.15) is 0 Å². The quantitative estimate of drug-likeness (QED) is 0.170. The van der Waals surface area contributed by atoms with E-state index < -0.39 is 5.25 Å². The largest absolute Gasteiger partial charge is 0.293 e. The van der Waals surface area contributed by atoms with Gasteiger partial charge in [-0.15, -0.1) is 0 Å². The van der Waals surface area contributed by atoms with Gasteiger partial charge in [-0.25, -0.2) is 4.98 Å². The van der Waals surface area contributed by atoms with E-state index in [2.05, 4.69) is 6.92 Å². The van der Waals surface area contributed by atoms with Crippen molar-refractivity contribution in [2.75, 3.05) is 0 Å². The van der Waals surface area contributed by atoms with Crippen LogP contribution in [0.2, 0.25) is 5.02 Å². The maximum Gasteiger partial charge on any atom is 0.266 e. The van der Waals surface area contributed by atoms with Gasteiger partial charge < -0.3 is 0 Å². The molecule has 1 aromatic heterocycles. The molecule has 0 aliphatic carbocycles. The molecule has 1 heterocycles. The maximum absolute atomic E-state index is 13.5. The van der Waals surface area contributed by atoms with Crippen molar-refractivity contribution >= 4 is 40.0 Å². The zero-order valence-corrected chi connectivity index (χ0v) is 20.4. The van der Waals surface area contributed by atoms with Crippen LogP contribution in [0.15, 0.2) is 76.7 Å². The van der Waals surface area contributed by atoms with Crippen LogP contribution in [0.25, 0.3) is 16.6 Å². The van der Waals surface area contributed by atoms with Gasteiger partial charge in [-0.1, -0.05) is 79.2 Å². The van der Waals surface area contributed by atoms with Crippen LogP contribution in [-0.4, -0.2) is 20.6 Å². The number of benzene rings is 3. The van der Waals surface area contributed by atoms with Gasteiger partial charge in [0, 0.05) is 10.6 Å². The van der Waals surface area contributed by atoms with Crippen LogP contribution < -0.4 is 5.56 Å². The fourth-order valence-electron chi connectivity index (χ4n) is 3.82. The molecule has 0 saturated carbocycles. The van der Waals surface area contributed by atoms with E-state index in [1.54, 1.807) is 22.8 Å². The fourth-order valence-corrected chi connectivity index (χ4v) is 4.98. The number of nitrogens with zero attached hydrogens (tertiary/aromatic N) is 2. The number of hydrogen-bond acceptors (Lipinski definition) is 4. The summed E-state index contributed by atoms with van der Waals surface area (Å²) >= 11 is 7.45. The van der Waals surface area contributed by atoms with Crippen molar-refractivity contribution in [1.29, 1.82) is 0 Å². The van der Waals surface area contributed by atoms with E-state index in [0.717, 1.165) is 24.1 Å². The Kier molecular flexibility index (Phi) is 7.01. The molecule has 0 fully saturated rings. The van der Waals surface area contributed by atoms with Crippen LogP contribution in [0.3, 0.4) is 0 Å². The van der Waals surface area contributed by atoms with Crippen molar-refractivity contribution in [2.45, 2.75) is 44.0 Å². The molecule has 6 heteroatoms. The molecule has 4 rings (SSSR count). The SMILES string of the molecule is CCCc1ccc(C(=O)C(C)Sc2nc3cc(Cl)ccc3c(=O)n2-c2ccccc2C)cc1. The van der Waals surface area contributed by atoms with Gasteiger partial charge in [0.05, 0.1) is 21.8 Å². The molecule has 0 aliphatic heterocycles. The minimum atomic E-state index is -0.430. The lowest BCUT2D eigenvalue weighted by molar-refractivity contribution is 0.0994. The summed E-state index contributed by atoms with van der Waals surface area (Å²) in [6, 6.07) is 20.5. The van der Waals surface area contributed by atoms with Crippen molar-refractivity contribution in [1.82, 2.24) is 9.55 Å². The highest BCUT2D eigenvalue weighted by Crippen LogP contribution is 2.28. The molecular weight excluding hydrogens is 452 g/mol. The van der Waals surface area contributed by atoms with Gasteiger partial charge in [0.2, 0.25) is 0 Å². The van der Waals surface area contributed by atoms with Crippen LogP contribution in [0.1, 0.15) is 41.8 Å². The summed E-state index contributed by atoms with van der Waals surface area (Å²) in [4.78, 5) is 31.5. The molecule has 4 nitrogen and oxygen atoms in total. The lowest BCUT2D eigenvalue weighted by Gasteiger charge is -2.17. The average Bonchev–Trinajstić information content (AvgIpc) is 2.80. The van der Waals surface area contributed by atoms with Gasteiger partial charge in [-0.3, -0.25) is 14.2 Å². The first-order valence-corrected chi connectivity index (χ1v) is 12.2. The number of aryl methyl sites for hydroxylation is 2. The third kappa shape index (κ3) is 4.90. The Morgan fingerprint density at radius 1 is 1.09 bits per heavy atom. The molecule has 0 spiro atoms. The molecule has 3 aromatic carbocycles. The van der Waals surface area contributed by atoms with Crippen LogP contribution in [0.5, 0.6) is 0 Å². The Labute approximate surface area is 202 Å². The number of hydrogen-bond donors (Lipinski definition) is 0. The summed E-state index contributed by atoms with van der Waals surface area (Å²) in [6.45, 7) is 5.94. The number of aromatic nitrogens is 2. The molecule has 0 amide bonds. The van der Waals surface area contributed by atoms with Crippen molar-refractivity contribution in [2.24, 2.45) is 0 Å². The minimum Gasteiger partial charge on any atom is -0.293 e. The fraction of sp³-hybridized carbons (Fsp3) is 0.222. The Hall–Kier alpha value is -2.89. The first-order valence-electron chi connectivity index (χ1n) is 11.0. The van der Waals surface area contributed by atoms with Crippen molar-refractivity contribution in [3.05, 3.63) is 98.8 Å². The smallest absolute Gasteiger partial charge is 0.266 e. The van der Waals surface area contributed by atoms with Gasteiger partial charge >= 0.3 is 0 Å². The lowest BCUT2D eigenvalue weighted by Crippen LogP contribution is -2.24. The first-order chi connectivity index (χ1) is 15.9. The number of carbonyl (C=O) groups is 1. The second-order valence-corrected chi connectivity index (χ2v) is 9.80. The number of rotatable bonds is 7. The molecule has 4 aromatic rings. The third-order valence-corrected chi connectivity index (χ3v) is 6.87. The highest BCUT2D eigenvalue weighted by Gasteiger charge is 2.22. The van der Waals surface area contributed by atoms with E-state index in [-0.39, 0.29) is 11.3 Å². The van der Waals surface area contributed by atoms with Crippen molar-refractivity contribution in [3.63, 3.8) is 0 Å². The Morgan fingerprint density at radius 3 is 2.52 bits per heavy atom. The first kappa shape index (κ1) is 23.3. The van der Waals surface area contributed by atoms with Gasteiger partial charge in [0.25, 0.3) is 5.56 Å². The minimum absolute atomic E-state index is 0.000165. The van der Waals surface area contributed by atoms with Crippen LogP contribution in [-0.2, 0) is 6.42 Å². The van der Waals surface area contributed by atoms with E-state index >= 15 is 0 Å². The average molecular weight is 477 g/mol. The number of halogens is 1. The number of ketones is 1. The molecule has 0 bridgehead atoms. The maximum atomic E-state index is 13.5. The molecule has 0 aliphatic rings. The van der Waals surface area contributed by atoms with Gasteiger partial charge in [-0.2, -0.15) is 0 Å². The van der Waals surface area contributed by atoms with Crippen molar-refractivity contribution in [3.8, 4) is 5.69 Å². The Balaban J connectivity index is 1.77.